The number of nitrogens with zero attached hydrogens (tertiary/aromatic N) is 1. The minimum absolute atomic E-state index is 0.157. The Morgan fingerprint density at radius 3 is 1.81 bits per heavy atom. The van der Waals surface area contributed by atoms with Crippen molar-refractivity contribution in [3.05, 3.63) is 83.9 Å². The number of anilines is 2. The molecule has 36 heavy (non-hydrogen) atoms. The van der Waals surface area contributed by atoms with Crippen LogP contribution in [0.2, 0.25) is 5.02 Å². The molecule has 0 unspecified atom stereocenters. The maximum absolute atomic E-state index is 12.5. The molecule has 3 aromatic carbocycles. The van der Waals surface area contributed by atoms with Crippen LogP contribution in [0.5, 0.6) is 17.4 Å². The molecule has 0 aliphatic heterocycles. The summed E-state index contributed by atoms with van der Waals surface area (Å²) in [5.74, 6) is -1.20. The lowest BCUT2D eigenvalue weighted by Crippen LogP contribution is -2.17. The topological polar surface area (TPSA) is 55.6 Å². The van der Waals surface area contributed by atoms with Gasteiger partial charge in [-0.15, -0.1) is 26.3 Å². The Balaban J connectivity index is 1.72. The molecule has 5 nitrogen and oxygen atoms in total. The predicted octanol–water partition coefficient (Wildman–Crippen LogP) is 8.04. The highest BCUT2D eigenvalue weighted by atomic mass is 35.5. The third-order valence-electron chi connectivity index (χ3n) is 4.82. The Bertz CT molecular complexity index is 1350. The first kappa shape index (κ1) is 25.1. The van der Waals surface area contributed by atoms with Crippen molar-refractivity contribution in [3.8, 4) is 34.3 Å². The molecule has 0 saturated carbocycles. The molecule has 0 aliphatic rings. The van der Waals surface area contributed by atoms with E-state index in [4.69, 9.17) is 11.6 Å². The third-order valence-corrected chi connectivity index (χ3v) is 5.15. The maximum Gasteiger partial charge on any atom is 0.573 e. The lowest BCUT2D eigenvalue weighted by molar-refractivity contribution is -0.275. The standard InChI is InChI=1S/C24H15ClF6N2O3/c25-19-4-2-1-3-18(19)21-13-20(32-14-5-9-16(10-6-14)35-23(26,27)28)22(34)33(21)15-7-11-17(12-8-15)36-24(29,30)31/h1-13,32,34H. The molecule has 0 saturated heterocycles. The molecule has 1 aromatic heterocycles. The van der Waals surface area contributed by atoms with Gasteiger partial charge in [0.25, 0.3) is 0 Å². The fraction of sp³-hybridized carbons (Fsp3) is 0.0833. The van der Waals surface area contributed by atoms with Crippen LogP contribution in [0.4, 0.5) is 37.7 Å². The number of rotatable bonds is 6. The zero-order valence-corrected chi connectivity index (χ0v) is 18.6. The van der Waals surface area contributed by atoms with Gasteiger partial charge in [0.1, 0.15) is 17.2 Å². The molecule has 4 rings (SSSR count). The van der Waals surface area contributed by atoms with Crippen LogP contribution in [-0.4, -0.2) is 22.4 Å². The number of halogens is 7. The number of ether oxygens (including phenoxy) is 2. The lowest BCUT2D eigenvalue weighted by Gasteiger charge is -2.14. The fourth-order valence-electron chi connectivity index (χ4n) is 3.41. The van der Waals surface area contributed by atoms with Crippen LogP contribution in [-0.2, 0) is 0 Å². The Morgan fingerprint density at radius 1 is 0.750 bits per heavy atom. The van der Waals surface area contributed by atoms with E-state index in [1.165, 1.54) is 34.9 Å². The molecule has 0 fully saturated rings. The van der Waals surface area contributed by atoms with Crippen LogP contribution in [0.3, 0.4) is 0 Å². The van der Waals surface area contributed by atoms with E-state index in [-0.39, 0.29) is 11.6 Å². The molecule has 0 radical (unpaired) electrons. The zero-order valence-electron chi connectivity index (χ0n) is 17.9. The normalized spacial score (nSPS) is 11.9. The van der Waals surface area contributed by atoms with Crippen molar-refractivity contribution >= 4 is 23.0 Å². The van der Waals surface area contributed by atoms with Crippen LogP contribution in [0.15, 0.2) is 78.9 Å². The van der Waals surface area contributed by atoms with Crippen molar-refractivity contribution in [2.24, 2.45) is 0 Å². The van der Waals surface area contributed by atoms with E-state index in [9.17, 15) is 31.4 Å². The molecular weight excluding hydrogens is 514 g/mol. The van der Waals surface area contributed by atoms with Gasteiger partial charge in [-0.05, 0) is 60.7 Å². The van der Waals surface area contributed by atoms with E-state index in [1.54, 1.807) is 24.3 Å². The summed E-state index contributed by atoms with van der Waals surface area (Å²) in [7, 11) is 0. The first-order valence-corrected chi connectivity index (χ1v) is 10.5. The number of hydrogen-bond acceptors (Lipinski definition) is 4. The number of aromatic hydroxyl groups is 1. The van der Waals surface area contributed by atoms with Crippen LogP contribution in [0, 0.1) is 0 Å². The van der Waals surface area contributed by atoms with Gasteiger partial charge < -0.3 is 19.9 Å². The SMILES string of the molecule is Oc1c(Nc2ccc(OC(F)(F)F)cc2)cc(-c2ccccc2Cl)n1-c1ccc(OC(F)(F)F)cc1. The number of benzene rings is 3. The summed E-state index contributed by atoms with van der Waals surface area (Å²) >= 11 is 6.34. The van der Waals surface area contributed by atoms with E-state index in [0.717, 1.165) is 24.3 Å². The first-order valence-electron chi connectivity index (χ1n) is 10.1. The van der Waals surface area contributed by atoms with Crippen LogP contribution in [0.25, 0.3) is 16.9 Å². The summed E-state index contributed by atoms with van der Waals surface area (Å²) in [6.45, 7) is 0. The van der Waals surface area contributed by atoms with Gasteiger partial charge in [0.15, 0.2) is 0 Å². The van der Waals surface area contributed by atoms with Gasteiger partial charge >= 0.3 is 12.7 Å². The Morgan fingerprint density at radius 2 is 1.28 bits per heavy atom. The van der Waals surface area contributed by atoms with Crippen LogP contribution < -0.4 is 14.8 Å². The molecule has 1 heterocycles. The second-order valence-electron chi connectivity index (χ2n) is 7.32. The highest BCUT2D eigenvalue weighted by molar-refractivity contribution is 6.33. The van der Waals surface area contributed by atoms with Crippen molar-refractivity contribution in [3.63, 3.8) is 0 Å². The molecule has 2 N–H and O–H groups in total. The highest BCUT2D eigenvalue weighted by Crippen LogP contribution is 2.41. The van der Waals surface area contributed by atoms with Crippen molar-refractivity contribution in [1.29, 1.82) is 0 Å². The van der Waals surface area contributed by atoms with Gasteiger partial charge in [0, 0.05) is 22.0 Å². The predicted molar refractivity (Wildman–Crippen MR) is 121 cm³/mol. The average Bonchev–Trinajstić information content (AvgIpc) is 3.09. The summed E-state index contributed by atoms with van der Waals surface area (Å²) in [5, 5.41) is 14.3. The van der Waals surface area contributed by atoms with Crippen LogP contribution in [0.1, 0.15) is 0 Å². The molecule has 0 amide bonds. The van der Waals surface area contributed by atoms with E-state index < -0.39 is 24.2 Å². The van der Waals surface area contributed by atoms with Crippen LogP contribution >= 0.6 is 11.6 Å². The largest absolute Gasteiger partial charge is 0.573 e. The maximum atomic E-state index is 12.5. The average molecular weight is 529 g/mol. The molecule has 0 spiro atoms. The smallest absolute Gasteiger partial charge is 0.493 e. The van der Waals surface area contributed by atoms with Gasteiger partial charge in [-0.1, -0.05) is 29.8 Å². The fourth-order valence-corrected chi connectivity index (χ4v) is 3.65. The molecular formula is C24H15ClF6N2O3. The quantitative estimate of drug-likeness (QED) is 0.249. The number of hydrogen-bond donors (Lipinski definition) is 2. The minimum Gasteiger partial charge on any atom is -0.493 e. The van der Waals surface area contributed by atoms with E-state index in [1.807, 2.05) is 0 Å². The van der Waals surface area contributed by atoms with Gasteiger partial charge in [0.05, 0.1) is 5.69 Å². The van der Waals surface area contributed by atoms with E-state index in [2.05, 4.69) is 14.8 Å². The Labute approximate surface area is 205 Å². The monoisotopic (exact) mass is 528 g/mol. The van der Waals surface area contributed by atoms with Crippen molar-refractivity contribution in [2.75, 3.05) is 5.32 Å². The molecule has 188 valence electrons. The highest BCUT2D eigenvalue weighted by Gasteiger charge is 2.32. The number of nitrogens with one attached hydrogen (secondary N) is 1. The summed E-state index contributed by atoms with van der Waals surface area (Å²) < 4.78 is 83.9. The van der Waals surface area contributed by atoms with Crippen molar-refractivity contribution < 1.29 is 40.9 Å². The van der Waals surface area contributed by atoms with Gasteiger partial charge in [-0.25, -0.2) is 0 Å². The molecule has 4 aromatic rings. The summed E-state index contributed by atoms with van der Waals surface area (Å²) in [6, 6.07) is 17.9. The van der Waals surface area contributed by atoms with Gasteiger partial charge in [-0.2, -0.15) is 0 Å². The lowest BCUT2D eigenvalue weighted by atomic mass is 10.1. The van der Waals surface area contributed by atoms with E-state index >= 15 is 0 Å². The van der Waals surface area contributed by atoms with Gasteiger partial charge in [-0.3, -0.25) is 4.57 Å². The van der Waals surface area contributed by atoms with E-state index in [0.29, 0.717) is 27.7 Å². The minimum atomic E-state index is -4.86. The number of alkyl halides is 6. The number of aromatic nitrogens is 1. The third kappa shape index (κ3) is 5.98. The Hall–Kier alpha value is -3.99. The first-order chi connectivity index (χ1) is 16.9. The van der Waals surface area contributed by atoms with Crippen molar-refractivity contribution in [1.82, 2.24) is 4.57 Å². The van der Waals surface area contributed by atoms with Gasteiger partial charge in [0.2, 0.25) is 5.88 Å². The molecule has 0 aliphatic carbocycles. The van der Waals surface area contributed by atoms with Crippen molar-refractivity contribution in [2.45, 2.75) is 12.7 Å². The second kappa shape index (κ2) is 9.57. The zero-order chi connectivity index (χ0) is 26.1. The molecule has 0 bridgehead atoms. The molecule has 12 heteroatoms. The summed E-state index contributed by atoms with van der Waals surface area (Å²) in [5.41, 5.74) is 1.68. The Kier molecular flexibility index (Phi) is 6.68. The molecule has 0 atom stereocenters. The summed E-state index contributed by atoms with van der Waals surface area (Å²) in [6.07, 6.45) is -9.70. The summed E-state index contributed by atoms with van der Waals surface area (Å²) in [4.78, 5) is 0. The second-order valence-corrected chi connectivity index (χ2v) is 7.73.